The second kappa shape index (κ2) is 7.09. The predicted molar refractivity (Wildman–Crippen MR) is 100 cm³/mol. The normalized spacial score (nSPS) is 18.2. The second-order valence-corrected chi connectivity index (χ2v) is 7.39. The number of nitrogens with zero attached hydrogens (tertiary/aromatic N) is 3. The standard InChI is InChI=1S/C20H26N4O2/c1-2-23-10-11-24-17-9-8-15(12-16(17)22-18(24)20(23)26)19(25)21-13-14-6-4-3-5-7-14/h8-9,12,14H,2-7,10-11,13H2,1H3,(H,21,25). The van der Waals surface area contributed by atoms with E-state index in [-0.39, 0.29) is 11.8 Å². The molecule has 0 saturated heterocycles. The van der Waals surface area contributed by atoms with Crippen molar-refractivity contribution in [3.63, 3.8) is 0 Å². The summed E-state index contributed by atoms with van der Waals surface area (Å²) in [6.07, 6.45) is 6.29. The van der Waals surface area contributed by atoms with Crippen LogP contribution in [0.1, 0.15) is 60.0 Å². The highest BCUT2D eigenvalue weighted by molar-refractivity contribution is 5.99. The van der Waals surface area contributed by atoms with Crippen molar-refractivity contribution in [2.45, 2.75) is 45.6 Å². The molecule has 138 valence electrons. The van der Waals surface area contributed by atoms with E-state index >= 15 is 0 Å². The van der Waals surface area contributed by atoms with E-state index in [1.165, 1.54) is 32.1 Å². The number of benzene rings is 1. The van der Waals surface area contributed by atoms with Gasteiger partial charge in [-0.25, -0.2) is 4.98 Å². The Morgan fingerprint density at radius 3 is 2.81 bits per heavy atom. The van der Waals surface area contributed by atoms with Crippen LogP contribution in [0.5, 0.6) is 0 Å². The molecular formula is C20H26N4O2. The fourth-order valence-electron chi connectivity index (χ4n) is 4.16. The maximum atomic E-state index is 12.5. The van der Waals surface area contributed by atoms with Crippen LogP contribution in [0.15, 0.2) is 18.2 Å². The summed E-state index contributed by atoms with van der Waals surface area (Å²) in [5.41, 5.74) is 2.26. The molecule has 6 nitrogen and oxygen atoms in total. The molecule has 6 heteroatoms. The van der Waals surface area contributed by atoms with Gasteiger partial charge in [-0.2, -0.15) is 0 Å². The van der Waals surface area contributed by atoms with E-state index in [1.54, 1.807) is 11.0 Å². The van der Waals surface area contributed by atoms with E-state index in [0.717, 1.165) is 24.1 Å². The maximum absolute atomic E-state index is 12.5. The van der Waals surface area contributed by atoms with Crippen LogP contribution in [0.3, 0.4) is 0 Å². The van der Waals surface area contributed by atoms with E-state index in [2.05, 4.69) is 10.3 Å². The summed E-state index contributed by atoms with van der Waals surface area (Å²) in [7, 11) is 0. The first-order chi connectivity index (χ1) is 12.7. The van der Waals surface area contributed by atoms with Gasteiger partial charge in [0.05, 0.1) is 11.0 Å². The zero-order valence-electron chi connectivity index (χ0n) is 15.3. The fraction of sp³-hybridized carbons (Fsp3) is 0.550. The molecule has 0 unspecified atom stereocenters. The molecule has 0 atom stereocenters. The number of nitrogens with one attached hydrogen (secondary N) is 1. The molecule has 1 aromatic carbocycles. The van der Waals surface area contributed by atoms with E-state index in [9.17, 15) is 9.59 Å². The third-order valence-corrected chi connectivity index (χ3v) is 5.74. The van der Waals surface area contributed by atoms with Gasteiger partial charge in [0, 0.05) is 31.7 Å². The van der Waals surface area contributed by atoms with Crippen LogP contribution >= 0.6 is 0 Å². The summed E-state index contributed by atoms with van der Waals surface area (Å²) in [5.74, 6) is 1.00. The molecule has 2 aliphatic rings. The summed E-state index contributed by atoms with van der Waals surface area (Å²) >= 11 is 0. The quantitative estimate of drug-likeness (QED) is 0.918. The number of hydrogen-bond donors (Lipinski definition) is 1. The Hall–Kier alpha value is -2.37. The number of imidazole rings is 1. The lowest BCUT2D eigenvalue weighted by molar-refractivity contribution is 0.0709. The van der Waals surface area contributed by atoms with Crippen LogP contribution < -0.4 is 5.32 Å². The van der Waals surface area contributed by atoms with Crippen molar-refractivity contribution in [3.05, 3.63) is 29.6 Å². The lowest BCUT2D eigenvalue weighted by Gasteiger charge is -2.26. The highest BCUT2D eigenvalue weighted by Crippen LogP contribution is 2.24. The Labute approximate surface area is 153 Å². The highest BCUT2D eigenvalue weighted by atomic mass is 16.2. The largest absolute Gasteiger partial charge is 0.352 e. The van der Waals surface area contributed by atoms with Crippen molar-refractivity contribution in [2.75, 3.05) is 19.6 Å². The molecule has 2 amide bonds. The molecule has 4 rings (SSSR count). The molecule has 1 aromatic heterocycles. The van der Waals surface area contributed by atoms with Gasteiger partial charge >= 0.3 is 0 Å². The van der Waals surface area contributed by atoms with Gasteiger partial charge in [-0.3, -0.25) is 9.59 Å². The fourth-order valence-corrected chi connectivity index (χ4v) is 4.16. The number of hydrogen-bond acceptors (Lipinski definition) is 3. The minimum absolute atomic E-state index is 0.0294. The van der Waals surface area contributed by atoms with Crippen molar-refractivity contribution >= 4 is 22.8 Å². The monoisotopic (exact) mass is 354 g/mol. The number of aromatic nitrogens is 2. The molecule has 2 aromatic rings. The Bertz CT molecular complexity index is 836. The molecule has 1 saturated carbocycles. The Balaban J connectivity index is 1.52. The zero-order chi connectivity index (χ0) is 18.1. The molecule has 0 spiro atoms. The zero-order valence-corrected chi connectivity index (χ0v) is 15.3. The van der Waals surface area contributed by atoms with E-state index in [4.69, 9.17) is 0 Å². The first-order valence-corrected chi connectivity index (χ1v) is 9.75. The van der Waals surface area contributed by atoms with Crippen molar-refractivity contribution in [1.29, 1.82) is 0 Å². The van der Waals surface area contributed by atoms with Gasteiger partial charge in [-0.1, -0.05) is 19.3 Å². The summed E-state index contributed by atoms with van der Waals surface area (Å²) in [5, 5.41) is 3.07. The van der Waals surface area contributed by atoms with Crippen molar-refractivity contribution in [3.8, 4) is 0 Å². The number of carbonyl (C=O) groups is 2. The molecular weight excluding hydrogens is 328 g/mol. The Morgan fingerprint density at radius 1 is 1.23 bits per heavy atom. The van der Waals surface area contributed by atoms with Gasteiger partial charge in [0.1, 0.15) is 0 Å². The molecule has 1 aliphatic carbocycles. The summed E-state index contributed by atoms with van der Waals surface area (Å²) in [6.45, 7) is 4.87. The van der Waals surface area contributed by atoms with Gasteiger partial charge in [0.2, 0.25) is 0 Å². The first kappa shape index (κ1) is 17.1. The van der Waals surface area contributed by atoms with Gasteiger partial charge in [0.25, 0.3) is 11.8 Å². The summed E-state index contributed by atoms with van der Waals surface area (Å²) in [4.78, 5) is 31.3. The Kier molecular flexibility index (Phi) is 4.66. The van der Waals surface area contributed by atoms with Gasteiger partial charge in [-0.05, 0) is 43.9 Å². The molecule has 1 N–H and O–H groups in total. The molecule has 0 radical (unpaired) electrons. The van der Waals surface area contributed by atoms with E-state index in [0.29, 0.717) is 30.4 Å². The van der Waals surface area contributed by atoms with Crippen LogP contribution in [0.2, 0.25) is 0 Å². The van der Waals surface area contributed by atoms with Crippen LogP contribution in [-0.4, -0.2) is 45.9 Å². The smallest absolute Gasteiger partial charge is 0.289 e. The lowest BCUT2D eigenvalue weighted by Crippen LogP contribution is -2.40. The number of fused-ring (bicyclic) bond motifs is 3. The SMILES string of the molecule is CCN1CCn2c(nc3cc(C(=O)NCC4CCCCC4)ccc32)C1=O. The third-order valence-electron chi connectivity index (χ3n) is 5.74. The molecule has 1 aliphatic heterocycles. The van der Waals surface area contributed by atoms with Gasteiger partial charge in [-0.15, -0.1) is 0 Å². The molecule has 0 bridgehead atoms. The summed E-state index contributed by atoms with van der Waals surface area (Å²) < 4.78 is 1.97. The maximum Gasteiger partial charge on any atom is 0.289 e. The molecule has 1 fully saturated rings. The van der Waals surface area contributed by atoms with Gasteiger partial charge in [0.15, 0.2) is 5.82 Å². The van der Waals surface area contributed by atoms with Crippen molar-refractivity contribution in [1.82, 2.24) is 19.8 Å². The van der Waals surface area contributed by atoms with Gasteiger partial charge < -0.3 is 14.8 Å². The molecule has 2 heterocycles. The van der Waals surface area contributed by atoms with Crippen LogP contribution in [0.25, 0.3) is 11.0 Å². The summed E-state index contributed by atoms with van der Waals surface area (Å²) in [6, 6.07) is 5.56. The minimum Gasteiger partial charge on any atom is -0.352 e. The average Bonchev–Trinajstić information content (AvgIpc) is 3.06. The number of likely N-dealkylation sites (N-methyl/N-ethyl adjacent to an activating group) is 1. The van der Waals surface area contributed by atoms with Crippen LogP contribution in [0, 0.1) is 5.92 Å². The van der Waals surface area contributed by atoms with E-state index in [1.807, 2.05) is 23.6 Å². The lowest BCUT2D eigenvalue weighted by atomic mass is 9.89. The van der Waals surface area contributed by atoms with Crippen LogP contribution in [-0.2, 0) is 6.54 Å². The number of carbonyl (C=O) groups excluding carboxylic acids is 2. The van der Waals surface area contributed by atoms with Crippen LogP contribution in [0.4, 0.5) is 0 Å². The van der Waals surface area contributed by atoms with E-state index < -0.39 is 0 Å². The predicted octanol–water partition coefficient (Wildman–Crippen LogP) is 2.82. The van der Waals surface area contributed by atoms with Crippen molar-refractivity contribution in [2.24, 2.45) is 5.92 Å². The number of amides is 2. The second-order valence-electron chi connectivity index (χ2n) is 7.39. The number of rotatable bonds is 4. The third kappa shape index (κ3) is 3.08. The topological polar surface area (TPSA) is 67.2 Å². The average molecular weight is 354 g/mol. The Morgan fingerprint density at radius 2 is 2.04 bits per heavy atom. The minimum atomic E-state index is -0.0510. The first-order valence-electron chi connectivity index (χ1n) is 9.75. The van der Waals surface area contributed by atoms with Crippen molar-refractivity contribution < 1.29 is 9.59 Å². The molecule has 26 heavy (non-hydrogen) atoms. The highest BCUT2D eigenvalue weighted by Gasteiger charge is 2.27.